The number of carbonyl (C=O) groups excluding carboxylic acids is 1. The van der Waals surface area contributed by atoms with Crippen molar-refractivity contribution < 1.29 is 9.90 Å². The summed E-state index contributed by atoms with van der Waals surface area (Å²) in [6.45, 7) is 0.292. The smallest absolute Gasteiger partial charge is 0.255 e. The Kier molecular flexibility index (Phi) is 5.04. The van der Waals surface area contributed by atoms with Gasteiger partial charge in [0, 0.05) is 11.0 Å². The number of amides is 1. The number of aromatic hydroxyl groups is 1. The van der Waals surface area contributed by atoms with Gasteiger partial charge < -0.3 is 10.4 Å². The van der Waals surface area contributed by atoms with Crippen LogP contribution >= 0.6 is 27.5 Å². The Hall–Kier alpha value is -1.52. The molecule has 1 atom stereocenters. The molecular formula is C15H13BrClNO2. The number of carbonyl (C=O) groups is 1. The Labute approximate surface area is 130 Å². The number of alkyl halides is 1. The minimum absolute atomic E-state index is 0.0669. The van der Waals surface area contributed by atoms with Gasteiger partial charge in [0.15, 0.2) is 0 Å². The number of phenolic OH excluding ortho intramolecular Hbond substituents is 1. The molecule has 0 aromatic heterocycles. The first-order valence-electron chi connectivity index (χ1n) is 6.03. The van der Waals surface area contributed by atoms with Gasteiger partial charge in [0.2, 0.25) is 0 Å². The SMILES string of the molecule is O=C(NCC(Cl)c1ccccc1)c1ccc(Br)cc1O. The fourth-order valence-electron chi connectivity index (χ4n) is 1.75. The highest BCUT2D eigenvalue weighted by Crippen LogP contribution is 2.23. The zero-order valence-corrected chi connectivity index (χ0v) is 12.9. The molecule has 0 saturated heterocycles. The summed E-state index contributed by atoms with van der Waals surface area (Å²) in [5, 5.41) is 12.1. The maximum Gasteiger partial charge on any atom is 0.255 e. The molecule has 0 aliphatic heterocycles. The molecule has 104 valence electrons. The lowest BCUT2D eigenvalue weighted by atomic mass is 10.1. The molecule has 3 nitrogen and oxygen atoms in total. The second-order valence-corrected chi connectivity index (χ2v) is 5.69. The standard InChI is InChI=1S/C15H13BrClNO2/c16-11-6-7-12(14(19)8-11)15(20)18-9-13(17)10-4-2-1-3-5-10/h1-8,13,19H,9H2,(H,18,20). The molecule has 0 saturated carbocycles. The van der Waals surface area contributed by atoms with E-state index in [1.54, 1.807) is 12.1 Å². The number of hydrogen-bond donors (Lipinski definition) is 2. The van der Waals surface area contributed by atoms with E-state index >= 15 is 0 Å². The Balaban J connectivity index is 1.99. The normalized spacial score (nSPS) is 11.9. The van der Waals surface area contributed by atoms with Crippen LogP contribution < -0.4 is 5.32 Å². The van der Waals surface area contributed by atoms with Crippen LogP contribution in [0.25, 0.3) is 0 Å². The van der Waals surface area contributed by atoms with Crippen LogP contribution in [0, 0.1) is 0 Å². The van der Waals surface area contributed by atoms with E-state index in [1.807, 2.05) is 30.3 Å². The monoisotopic (exact) mass is 353 g/mol. The minimum Gasteiger partial charge on any atom is -0.507 e. The topological polar surface area (TPSA) is 49.3 Å². The Morgan fingerprint density at radius 1 is 1.25 bits per heavy atom. The summed E-state index contributed by atoms with van der Waals surface area (Å²) in [5.74, 6) is -0.417. The molecule has 2 N–H and O–H groups in total. The van der Waals surface area contributed by atoms with Gasteiger partial charge in [-0.05, 0) is 23.8 Å². The Bertz CT molecular complexity index is 604. The molecule has 2 aromatic rings. The Morgan fingerprint density at radius 3 is 2.60 bits per heavy atom. The molecule has 0 aliphatic carbocycles. The van der Waals surface area contributed by atoms with Crippen LogP contribution in [0.5, 0.6) is 5.75 Å². The van der Waals surface area contributed by atoms with Crippen molar-refractivity contribution in [2.75, 3.05) is 6.54 Å². The fraction of sp³-hybridized carbons (Fsp3) is 0.133. The highest BCUT2D eigenvalue weighted by atomic mass is 79.9. The van der Waals surface area contributed by atoms with Crippen LogP contribution in [0.1, 0.15) is 21.3 Å². The maximum absolute atomic E-state index is 12.0. The minimum atomic E-state index is -0.350. The average molecular weight is 355 g/mol. The summed E-state index contributed by atoms with van der Waals surface area (Å²) in [4.78, 5) is 12.0. The number of nitrogens with one attached hydrogen (secondary N) is 1. The van der Waals surface area contributed by atoms with E-state index in [0.29, 0.717) is 11.0 Å². The lowest BCUT2D eigenvalue weighted by Gasteiger charge is -2.12. The summed E-state index contributed by atoms with van der Waals surface area (Å²) in [5.41, 5.74) is 1.17. The molecule has 20 heavy (non-hydrogen) atoms. The molecule has 2 rings (SSSR count). The quantitative estimate of drug-likeness (QED) is 0.819. The highest BCUT2D eigenvalue weighted by molar-refractivity contribution is 9.10. The van der Waals surface area contributed by atoms with Gasteiger partial charge in [0.25, 0.3) is 5.91 Å². The molecule has 0 radical (unpaired) electrons. The van der Waals surface area contributed by atoms with Crippen molar-refractivity contribution in [1.29, 1.82) is 0 Å². The predicted octanol–water partition coefficient (Wildman–Crippen LogP) is 3.86. The molecule has 2 aromatic carbocycles. The third kappa shape index (κ3) is 3.74. The summed E-state index contributed by atoms with van der Waals surface area (Å²) in [6, 6.07) is 14.2. The van der Waals surface area contributed by atoms with E-state index in [-0.39, 0.29) is 22.6 Å². The summed E-state index contributed by atoms with van der Waals surface area (Å²) in [7, 11) is 0. The summed E-state index contributed by atoms with van der Waals surface area (Å²) >= 11 is 9.44. The van der Waals surface area contributed by atoms with Gasteiger partial charge >= 0.3 is 0 Å². The molecule has 0 spiro atoms. The number of rotatable bonds is 4. The first kappa shape index (κ1) is 14.9. The van der Waals surface area contributed by atoms with E-state index < -0.39 is 0 Å². The van der Waals surface area contributed by atoms with Gasteiger partial charge in [-0.15, -0.1) is 11.6 Å². The number of hydrogen-bond acceptors (Lipinski definition) is 2. The molecule has 0 bridgehead atoms. The van der Waals surface area contributed by atoms with Crippen LogP contribution in [0.4, 0.5) is 0 Å². The molecule has 0 fully saturated rings. The molecule has 0 aliphatic rings. The Morgan fingerprint density at radius 2 is 1.95 bits per heavy atom. The maximum atomic E-state index is 12.0. The zero-order chi connectivity index (χ0) is 14.5. The van der Waals surface area contributed by atoms with Crippen LogP contribution in [-0.2, 0) is 0 Å². The molecule has 1 amide bonds. The van der Waals surface area contributed by atoms with E-state index in [1.165, 1.54) is 6.07 Å². The lowest BCUT2D eigenvalue weighted by Crippen LogP contribution is -2.26. The van der Waals surface area contributed by atoms with Crippen molar-refractivity contribution in [2.45, 2.75) is 5.38 Å². The molecule has 1 unspecified atom stereocenters. The van der Waals surface area contributed by atoms with Gasteiger partial charge in [0.05, 0.1) is 10.9 Å². The molecule has 5 heteroatoms. The zero-order valence-electron chi connectivity index (χ0n) is 10.5. The van der Waals surface area contributed by atoms with Crippen molar-refractivity contribution in [3.63, 3.8) is 0 Å². The van der Waals surface area contributed by atoms with E-state index in [0.717, 1.165) is 5.56 Å². The van der Waals surface area contributed by atoms with Crippen LogP contribution in [0.15, 0.2) is 53.0 Å². The third-order valence-corrected chi connectivity index (χ3v) is 3.71. The summed E-state index contributed by atoms with van der Waals surface area (Å²) in [6.07, 6.45) is 0. The number of phenols is 1. The van der Waals surface area contributed by atoms with Gasteiger partial charge in [-0.25, -0.2) is 0 Å². The van der Waals surface area contributed by atoms with E-state index in [9.17, 15) is 9.90 Å². The summed E-state index contributed by atoms with van der Waals surface area (Å²) < 4.78 is 0.714. The van der Waals surface area contributed by atoms with Gasteiger partial charge in [-0.2, -0.15) is 0 Å². The van der Waals surface area contributed by atoms with Crippen molar-refractivity contribution in [3.05, 3.63) is 64.1 Å². The van der Waals surface area contributed by atoms with E-state index in [2.05, 4.69) is 21.2 Å². The predicted molar refractivity (Wildman–Crippen MR) is 83.2 cm³/mol. The highest BCUT2D eigenvalue weighted by Gasteiger charge is 2.13. The lowest BCUT2D eigenvalue weighted by molar-refractivity contribution is 0.0951. The van der Waals surface area contributed by atoms with Crippen LogP contribution in [-0.4, -0.2) is 17.6 Å². The second-order valence-electron chi connectivity index (χ2n) is 4.25. The number of benzene rings is 2. The third-order valence-electron chi connectivity index (χ3n) is 2.81. The largest absolute Gasteiger partial charge is 0.507 e. The van der Waals surface area contributed by atoms with Crippen molar-refractivity contribution in [1.82, 2.24) is 5.32 Å². The number of halogens is 2. The first-order valence-corrected chi connectivity index (χ1v) is 7.26. The van der Waals surface area contributed by atoms with Crippen molar-refractivity contribution >= 4 is 33.4 Å². The second kappa shape index (κ2) is 6.77. The van der Waals surface area contributed by atoms with Gasteiger partial charge in [-0.3, -0.25) is 4.79 Å². The van der Waals surface area contributed by atoms with E-state index in [4.69, 9.17) is 11.6 Å². The van der Waals surface area contributed by atoms with Gasteiger partial charge in [-0.1, -0.05) is 46.3 Å². The van der Waals surface area contributed by atoms with Crippen LogP contribution in [0.2, 0.25) is 0 Å². The fourth-order valence-corrected chi connectivity index (χ4v) is 2.33. The average Bonchev–Trinajstić information content (AvgIpc) is 2.45. The molecular weight excluding hydrogens is 342 g/mol. The molecule has 0 heterocycles. The first-order chi connectivity index (χ1) is 9.58. The van der Waals surface area contributed by atoms with Crippen LogP contribution in [0.3, 0.4) is 0 Å². The van der Waals surface area contributed by atoms with Crippen molar-refractivity contribution in [2.24, 2.45) is 0 Å². The van der Waals surface area contributed by atoms with Crippen molar-refractivity contribution in [3.8, 4) is 5.75 Å². The van der Waals surface area contributed by atoms with Gasteiger partial charge in [0.1, 0.15) is 5.75 Å².